The highest BCUT2D eigenvalue weighted by Crippen LogP contribution is 2.27. The zero-order valence-corrected chi connectivity index (χ0v) is 10.4. The lowest BCUT2D eigenvalue weighted by Crippen LogP contribution is -2.21. The van der Waals surface area contributed by atoms with Crippen molar-refractivity contribution < 1.29 is 9.53 Å². The Balaban J connectivity index is 1.89. The van der Waals surface area contributed by atoms with Crippen molar-refractivity contribution >= 4 is 5.97 Å². The average Bonchev–Trinajstić information content (AvgIpc) is 2.40. The molecule has 1 aromatic carbocycles. The third-order valence-corrected chi connectivity index (χ3v) is 3.50. The molecule has 1 saturated carbocycles. The summed E-state index contributed by atoms with van der Waals surface area (Å²) in [4.78, 5) is 12.0. The summed E-state index contributed by atoms with van der Waals surface area (Å²) in [6, 6.07) is 9.91. The second-order valence-electron chi connectivity index (χ2n) is 4.82. The van der Waals surface area contributed by atoms with E-state index in [1.54, 1.807) is 0 Å². The maximum absolute atomic E-state index is 12.0. The Morgan fingerprint density at radius 3 is 2.47 bits per heavy atom. The molecule has 0 aliphatic heterocycles. The van der Waals surface area contributed by atoms with Gasteiger partial charge in [0.1, 0.15) is 6.10 Å². The topological polar surface area (TPSA) is 26.3 Å². The van der Waals surface area contributed by atoms with Crippen LogP contribution in [0.2, 0.25) is 0 Å². The molecule has 1 atom stereocenters. The third-order valence-electron chi connectivity index (χ3n) is 3.50. The van der Waals surface area contributed by atoms with Crippen molar-refractivity contribution in [1.82, 2.24) is 0 Å². The first-order chi connectivity index (χ1) is 8.27. The first-order valence-electron chi connectivity index (χ1n) is 6.53. The Labute approximate surface area is 103 Å². The molecule has 0 amide bonds. The van der Waals surface area contributed by atoms with Crippen molar-refractivity contribution in [2.45, 2.75) is 45.1 Å². The normalized spacial score (nSPS) is 18.6. The van der Waals surface area contributed by atoms with E-state index in [1.165, 1.54) is 19.3 Å². The van der Waals surface area contributed by atoms with Crippen molar-refractivity contribution in [3.8, 4) is 0 Å². The molecule has 0 unspecified atom stereocenters. The molecular formula is C15H20O2. The van der Waals surface area contributed by atoms with Gasteiger partial charge in [0.25, 0.3) is 0 Å². The second-order valence-corrected chi connectivity index (χ2v) is 4.82. The zero-order chi connectivity index (χ0) is 12.1. The van der Waals surface area contributed by atoms with E-state index in [0.29, 0.717) is 0 Å². The molecule has 1 aromatic rings. The minimum absolute atomic E-state index is 0.0129. The number of hydrogen-bond acceptors (Lipinski definition) is 2. The maximum atomic E-state index is 12.0. The van der Waals surface area contributed by atoms with E-state index < -0.39 is 0 Å². The van der Waals surface area contributed by atoms with Crippen LogP contribution in [0, 0.1) is 5.92 Å². The number of carbonyl (C=O) groups is 1. The molecule has 0 spiro atoms. The minimum atomic E-state index is -0.134. The fourth-order valence-electron chi connectivity index (χ4n) is 2.40. The predicted octanol–water partition coefficient (Wildman–Crippen LogP) is 3.87. The van der Waals surface area contributed by atoms with Crippen LogP contribution in [0.15, 0.2) is 30.3 Å². The van der Waals surface area contributed by atoms with Crippen molar-refractivity contribution in [2.75, 3.05) is 0 Å². The summed E-state index contributed by atoms with van der Waals surface area (Å²) in [7, 11) is 0. The smallest absolute Gasteiger partial charge is 0.309 e. The highest BCUT2D eigenvalue weighted by atomic mass is 16.5. The minimum Gasteiger partial charge on any atom is -0.458 e. The van der Waals surface area contributed by atoms with E-state index >= 15 is 0 Å². The Bertz CT molecular complexity index is 352. The molecule has 1 fully saturated rings. The highest BCUT2D eigenvalue weighted by Gasteiger charge is 2.24. The maximum Gasteiger partial charge on any atom is 0.309 e. The lowest BCUT2D eigenvalue weighted by atomic mass is 9.89. The van der Waals surface area contributed by atoms with E-state index in [1.807, 2.05) is 37.3 Å². The Hall–Kier alpha value is -1.31. The van der Waals surface area contributed by atoms with E-state index in [9.17, 15) is 4.79 Å². The highest BCUT2D eigenvalue weighted by molar-refractivity contribution is 5.72. The van der Waals surface area contributed by atoms with Crippen molar-refractivity contribution in [1.29, 1.82) is 0 Å². The largest absolute Gasteiger partial charge is 0.458 e. The summed E-state index contributed by atoms with van der Waals surface area (Å²) < 4.78 is 5.54. The molecule has 1 aliphatic rings. The average molecular weight is 232 g/mol. The van der Waals surface area contributed by atoms with Gasteiger partial charge in [-0.3, -0.25) is 4.79 Å². The van der Waals surface area contributed by atoms with Crippen LogP contribution >= 0.6 is 0 Å². The van der Waals surface area contributed by atoms with Crippen LogP contribution in [0.25, 0.3) is 0 Å². The second kappa shape index (κ2) is 5.85. The van der Waals surface area contributed by atoms with Gasteiger partial charge in [0.2, 0.25) is 0 Å². The SMILES string of the molecule is C[C@H](OC(=O)C1CCCCC1)c1ccccc1. The summed E-state index contributed by atoms with van der Waals surface area (Å²) in [5.74, 6) is 0.121. The van der Waals surface area contributed by atoms with Crippen molar-refractivity contribution in [3.05, 3.63) is 35.9 Å². The van der Waals surface area contributed by atoms with E-state index in [-0.39, 0.29) is 18.0 Å². The first-order valence-corrected chi connectivity index (χ1v) is 6.53. The molecule has 92 valence electrons. The molecule has 0 aromatic heterocycles. The van der Waals surface area contributed by atoms with Gasteiger partial charge in [-0.25, -0.2) is 0 Å². The standard InChI is InChI=1S/C15H20O2/c1-12(13-8-4-2-5-9-13)17-15(16)14-10-6-3-7-11-14/h2,4-5,8-9,12,14H,3,6-7,10-11H2,1H3/t12-/m0/s1. The number of esters is 1. The number of ether oxygens (including phenoxy) is 1. The quantitative estimate of drug-likeness (QED) is 0.739. The van der Waals surface area contributed by atoms with Gasteiger partial charge in [-0.05, 0) is 25.3 Å². The molecular weight excluding hydrogens is 212 g/mol. The van der Waals surface area contributed by atoms with Crippen LogP contribution in [-0.4, -0.2) is 5.97 Å². The van der Waals surface area contributed by atoms with E-state index in [2.05, 4.69) is 0 Å². The number of hydrogen-bond donors (Lipinski definition) is 0. The summed E-state index contributed by atoms with van der Waals surface area (Å²) >= 11 is 0. The van der Waals surface area contributed by atoms with Gasteiger partial charge in [0, 0.05) is 0 Å². The van der Waals surface area contributed by atoms with Crippen LogP contribution in [0.1, 0.15) is 50.7 Å². The molecule has 0 radical (unpaired) electrons. The fourth-order valence-corrected chi connectivity index (χ4v) is 2.40. The molecule has 0 bridgehead atoms. The van der Waals surface area contributed by atoms with Gasteiger partial charge >= 0.3 is 5.97 Å². The number of rotatable bonds is 3. The van der Waals surface area contributed by atoms with Crippen LogP contribution in [0.4, 0.5) is 0 Å². The van der Waals surface area contributed by atoms with Gasteiger partial charge in [0.05, 0.1) is 5.92 Å². The molecule has 2 rings (SSSR count). The molecule has 0 saturated heterocycles. The van der Waals surface area contributed by atoms with Crippen molar-refractivity contribution in [2.24, 2.45) is 5.92 Å². The summed E-state index contributed by atoms with van der Waals surface area (Å²) in [5, 5.41) is 0. The lowest BCUT2D eigenvalue weighted by Gasteiger charge is -2.22. The molecule has 0 N–H and O–H groups in total. The Kier molecular flexibility index (Phi) is 4.18. The monoisotopic (exact) mass is 232 g/mol. The predicted molar refractivity (Wildman–Crippen MR) is 67.5 cm³/mol. The summed E-state index contributed by atoms with van der Waals surface area (Å²) in [5.41, 5.74) is 1.07. The van der Waals surface area contributed by atoms with Gasteiger partial charge in [-0.2, -0.15) is 0 Å². The molecule has 17 heavy (non-hydrogen) atoms. The fraction of sp³-hybridized carbons (Fsp3) is 0.533. The Morgan fingerprint density at radius 2 is 1.82 bits per heavy atom. The molecule has 1 aliphatic carbocycles. The number of benzene rings is 1. The molecule has 0 heterocycles. The number of carbonyl (C=O) groups excluding carboxylic acids is 1. The van der Waals surface area contributed by atoms with Crippen LogP contribution in [0.5, 0.6) is 0 Å². The van der Waals surface area contributed by atoms with E-state index in [0.717, 1.165) is 18.4 Å². The van der Waals surface area contributed by atoms with E-state index in [4.69, 9.17) is 4.74 Å². The third kappa shape index (κ3) is 3.32. The van der Waals surface area contributed by atoms with Crippen molar-refractivity contribution in [3.63, 3.8) is 0 Å². The van der Waals surface area contributed by atoms with Crippen LogP contribution in [-0.2, 0) is 9.53 Å². The summed E-state index contributed by atoms with van der Waals surface area (Å²) in [6.07, 6.45) is 5.46. The molecule has 2 nitrogen and oxygen atoms in total. The van der Waals surface area contributed by atoms with Gasteiger partial charge in [0.15, 0.2) is 0 Å². The Morgan fingerprint density at radius 1 is 1.18 bits per heavy atom. The van der Waals surface area contributed by atoms with Gasteiger partial charge in [-0.15, -0.1) is 0 Å². The first kappa shape index (κ1) is 12.2. The van der Waals surface area contributed by atoms with Gasteiger partial charge < -0.3 is 4.74 Å². The summed E-state index contributed by atoms with van der Waals surface area (Å²) in [6.45, 7) is 1.94. The van der Waals surface area contributed by atoms with Crippen LogP contribution < -0.4 is 0 Å². The molecule has 2 heteroatoms. The van der Waals surface area contributed by atoms with Gasteiger partial charge in [-0.1, -0.05) is 49.6 Å². The zero-order valence-electron chi connectivity index (χ0n) is 10.4. The van der Waals surface area contributed by atoms with Crippen LogP contribution in [0.3, 0.4) is 0 Å². The lowest BCUT2D eigenvalue weighted by molar-refractivity contribution is -0.154.